The molecule has 35 heavy (non-hydrogen) atoms. The van der Waals surface area contributed by atoms with Crippen molar-refractivity contribution in [2.75, 3.05) is 17.6 Å². The first-order chi connectivity index (χ1) is 17.1. The van der Waals surface area contributed by atoms with Crippen molar-refractivity contribution in [1.29, 1.82) is 0 Å². The molecule has 1 fully saturated rings. The summed E-state index contributed by atoms with van der Waals surface area (Å²) in [6, 6.07) is 42.8. The van der Waals surface area contributed by atoms with Gasteiger partial charge in [-0.3, -0.25) is 0 Å². The van der Waals surface area contributed by atoms with Crippen molar-refractivity contribution in [3.05, 3.63) is 121 Å². The number of anilines is 2. The zero-order valence-electron chi connectivity index (χ0n) is 20.3. The first-order valence-electron chi connectivity index (χ1n) is 12.2. The minimum atomic E-state index is -0.622. The van der Waals surface area contributed by atoms with Crippen molar-refractivity contribution >= 4 is 29.9 Å². The van der Waals surface area contributed by atoms with Crippen molar-refractivity contribution in [2.45, 2.75) is 31.8 Å². The summed E-state index contributed by atoms with van der Waals surface area (Å²) in [5.41, 5.74) is 2.30. The molecule has 178 valence electrons. The maximum absolute atomic E-state index is 6.57. The molecule has 1 aliphatic heterocycles. The van der Waals surface area contributed by atoms with Gasteiger partial charge >= 0.3 is 0 Å². The van der Waals surface area contributed by atoms with Gasteiger partial charge in [0.2, 0.25) is 0 Å². The van der Waals surface area contributed by atoms with E-state index in [9.17, 15) is 0 Å². The standard InChI is InChI=1S/C31H32NO2P/c1-31(2)33-29(23-32(25-15-7-3-8-16-25)26-17-9-4-10-18-26)30(34-31)24-35(27-19-11-5-12-20-27)28-21-13-6-14-22-28/h3-22,29-30H,23-24H2,1-2H3/t29-,30-/m0/s1. The molecule has 3 nitrogen and oxygen atoms in total. The second-order valence-electron chi connectivity index (χ2n) is 9.28. The Hall–Kier alpha value is -2.97. The van der Waals surface area contributed by atoms with Crippen molar-refractivity contribution in [3.63, 3.8) is 0 Å². The van der Waals surface area contributed by atoms with Crippen LogP contribution in [0.5, 0.6) is 0 Å². The molecule has 4 aromatic rings. The molecule has 4 heteroatoms. The predicted octanol–water partition coefficient (Wildman–Crippen LogP) is 6.48. The normalized spacial score (nSPS) is 19.1. The Kier molecular flexibility index (Phi) is 7.29. The van der Waals surface area contributed by atoms with E-state index >= 15 is 0 Å². The average molecular weight is 482 g/mol. The smallest absolute Gasteiger partial charge is 0.163 e. The zero-order chi connectivity index (χ0) is 24.1. The lowest BCUT2D eigenvalue weighted by Crippen LogP contribution is -2.38. The summed E-state index contributed by atoms with van der Waals surface area (Å²) in [5, 5.41) is 2.73. The SMILES string of the molecule is CC1(C)O[C@@H](CN(c2ccccc2)c2ccccc2)[C@H](CP(c2ccccc2)c2ccccc2)O1. The Bertz CT molecular complexity index is 1010. The van der Waals surface area contributed by atoms with Gasteiger partial charge in [-0.05, 0) is 56.6 Å². The van der Waals surface area contributed by atoms with Crippen LogP contribution in [0.2, 0.25) is 0 Å². The van der Waals surface area contributed by atoms with Gasteiger partial charge in [-0.25, -0.2) is 0 Å². The van der Waals surface area contributed by atoms with Crippen LogP contribution in [-0.2, 0) is 9.47 Å². The molecule has 0 aromatic heterocycles. The van der Waals surface area contributed by atoms with E-state index < -0.39 is 13.7 Å². The molecule has 1 saturated heterocycles. The third kappa shape index (κ3) is 5.82. The van der Waals surface area contributed by atoms with Crippen LogP contribution >= 0.6 is 7.92 Å². The molecule has 4 aromatic carbocycles. The van der Waals surface area contributed by atoms with E-state index in [4.69, 9.17) is 9.47 Å². The fourth-order valence-electron chi connectivity index (χ4n) is 4.73. The summed E-state index contributed by atoms with van der Waals surface area (Å²) in [4.78, 5) is 2.34. The maximum Gasteiger partial charge on any atom is 0.163 e. The third-order valence-electron chi connectivity index (χ3n) is 6.28. The van der Waals surface area contributed by atoms with Crippen LogP contribution in [0, 0.1) is 0 Å². The first-order valence-corrected chi connectivity index (χ1v) is 13.7. The van der Waals surface area contributed by atoms with Gasteiger partial charge in [-0.2, -0.15) is 0 Å². The summed E-state index contributed by atoms with van der Waals surface area (Å²) in [6.45, 7) is 4.78. The number of hydrogen-bond acceptors (Lipinski definition) is 3. The number of hydrogen-bond donors (Lipinski definition) is 0. The van der Waals surface area contributed by atoms with E-state index in [0.29, 0.717) is 0 Å². The van der Waals surface area contributed by atoms with Crippen LogP contribution in [0.4, 0.5) is 11.4 Å². The summed E-state index contributed by atoms with van der Waals surface area (Å²) in [7, 11) is -0.587. The van der Waals surface area contributed by atoms with E-state index in [-0.39, 0.29) is 12.2 Å². The second-order valence-corrected chi connectivity index (χ2v) is 11.5. The monoisotopic (exact) mass is 481 g/mol. The van der Waals surface area contributed by atoms with Crippen molar-refractivity contribution in [3.8, 4) is 0 Å². The number of para-hydroxylation sites is 2. The molecule has 0 N–H and O–H groups in total. The summed E-state index contributed by atoms with van der Waals surface area (Å²) in [5.74, 6) is -0.622. The minimum Gasteiger partial charge on any atom is -0.344 e. The molecular weight excluding hydrogens is 449 g/mol. The number of rotatable bonds is 8. The van der Waals surface area contributed by atoms with Gasteiger partial charge in [-0.1, -0.05) is 97.1 Å². The van der Waals surface area contributed by atoms with E-state index in [1.54, 1.807) is 0 Å². The molecule has 1 aliphatic rings. The lowest BCUT2D eigenvalue weighted by molar-refractivity contribution is -0.143. The van der Waals surface area contributed by atoms with E-state index in [1.807, 2.05) is 13.8 Å². The van der Waals surface area contributed by atoms with Crippen molar-refractivity contribution < 1.29 is 9.47 Å². The highest BCUT2D eigenvalue weighted by molar-refractivity contribution is 7.73. The molecule has 0 radical (unpaired) electrons. The maximum atomic E-state index is 6.57. The van der Waals surface area contributed by atoms with Crippen LogP contribution in [0.15, 0.2) is 121 Å². The van der Waals surface area contributed by atoms with Crippen molar-refractivity contribution in [2.24, 2.45) is 0 Å². The van der Waals surface area contributed by atoms with Gasteiger partial charge < -0.3 is 14.4 Å². The summed E-state index contributed by atoms with van der Waals surface area (Å²) in [6.07, 6.45) is 0.823. The van der Waals surface area contributed by atoms with Crippen LogP contribution < -0.4 is 15.5 Å². The Morgan fingerprint density at radius 1 is 0.600 bits per heavy atom. The number of benzene rings is 4. The highest BCUT2D eigenvalue weighted by Gasteiger charge is 2.43. The molecule has 0 amide bonds. The molecule has 0 bridgehead atoms. The largest absolute Gasteiger partial charge is 0.344 e. The highest BCUT2D eigenvalue weighted by Crippen LogP contribution is 2.41. The fourth-order valence-corrected chi connectivity index (χ4v) is 7.18. The summed E-state index contributed by atoms with van der Waals surface area (Å²) < 4.78 is 13.1. The van der Waals surface area contributed by atoms with Crippen molar-refractivity contribution in [1.82, 2.24) is 0 Å². The minimum absolute atomic E-state index is 0.0218. The molecule has 0 spiro atoms. The van der Waals surface area contributed by atoms with E-state index in [2.05, 4.69) is 126 Å². The van der Waals surface area contributed by atoms with E-state index in [1.165, 1.54) is 10.6 Å². The molecule has 0 saturated carbocycles. The van der Waals surface area contributed by atoms with Crippen LogP contribution in [-0.4, -0.2) is 30.7 Å². The zero-order valence-corrected chi connectivity index (χ0v) is 21.2. The molecule has 5 rings (SSSR count). The number of ether oxygens (including phenoxy) is 2. The summed E-state index contributed by atoms with van der Waals surface area (Å²) >= 11 is 0. The molecular formula is C31H32NO2P. The van der Waals surface area contributed by atoms with Gasteiger partial charge in [-0.15, -0.1) is 0 Å². The van der Waals surface area contributed by atoms with Gasteiger partial charge in [0, 0.05) is 17.5 Å². The predicted molar refractivity (Wildman–Crippen MR) is 148 cm³/mol. The second kappa shape index (κ2) is 10.7. The van der Waals surface area contributed by atoms with Crippen LogP contribution in [0.3, 0.4) is 0 Å². The Balaban J connectivity index is 1.46. The highest BCUT2D eigenvalue weighted by atomic mass is 31.1. The Morgan fingerprint density at radius 3 is 1.46 bits per heavy atom. The molecule has 0 aliphatic carbocycles. The lowest BCUT2D eigenvalue weighted by Gasteiger charge is -2.30. The topological polar surface area (TPSA) is 21.7 Å². The first kappa shape index (κ1) is 23.8. The van der Waals surface area contributed by atoms with Gasteiger partial charge in [0.1, 0.15) is 6.10 Å². The molecule has 2 atom stereocenters. The fraction of sp³-hybridized carbons (Fsp3) is 0.226. The van der Waals surface area contributed by atoms with Crippen LogP contribution in [0.25, 0.3) is 0 Å². The Morgan fingerprint density at radius 2 is 1.00 bits per heavy atom. The average Bonchev–Trinajstić information content (AvgIpc) is 3.20. The molecule has 1 heterocycles. The lowest BCUT2D eigenvalue weighted by atomic mass is 10.1. The quantitative estimate of drug-likeness (QED) is 0.269. The Labute approximate surface area is 210 Å². The van der Waals surface area contributed by atoms with Gasteiger partial charge in [0.15, 0.2) is 5.79 Å². The van der Waals surface area contributed by atoms with E-state index in [0.717, 1.165) is 24.1 Å². The van der Waals surface area contributed by atoms with Gasteiger partial charge in [0.05, 0.1) is 12.6 Å². The molecule has 0 unspecified atom stereocenters. The van der Waals surface area contributed by atoms with Gasteiger partial charge in [0.25, 0.3) is 0 Å². The number of nitrogens with zero attached hydrogens (tertiary/aromatic N) is 1. The van der Waals surface area contributed by atoms with Crippen LogP contribution in [0.1, 0.15) is 13.8 Å². The third-order valence-corrected chi connectivity index (χ3v) is 8.85.